The van der Waals surface area contributed by atoms with Gasteiger partial charge < -0.3 is 19.7 Å². The minimum Gasteiger partial charge on any atom is -0.382 e. The molecule has 1 aliphatic rings. The molecule has 0 spiro atoms. The highest BCUT2D eigenvalue weighted by Crippen LogP contribution is 2.18. The van der Waals surface area contributed by atoms with E-state index in [1.54, 1.807) is 19.4 Å². The second-order valence-corrected chi connectivity index (χ2v) is 5.22. The Balaban J connectivity index is 2.03. The number of amides is 1. The monoisotopic (exact) mass is 303 g/mol. The molecule has 1 fully saturated rings. The second-order valence-electron chi connectivity index (χ2n) is 5.22. The lowest BCUT2D eigenvalue weighted by atomic mass is 10.2. The number of aromatic nitrogens is 1. The summed E-state index contributed by atoms with van der Waals surface area (Å²) in [6.07, 6.45) is 6.81. The molecule has 2 heterocycles. The molecule has 118 valence electrons. The van der Waals surface area contributed by atoms with Crippen LogP contribution >= 0.6 is 0 Å². The Morgan fingerprint density at radius 2 is 2.41 bits per heavy atom. The van der Waals surface area contributed by atoms with E-state index in [-0.39, 0.29) is 24.7 Å². The SMILES string of the molecule is C#CCNC(=O)c1ccc(N2CC(C)OC(COC)C2)nc1. The van der Waals surface area contributed by atoms with Crippen molar-refractivity contribution < 1.29 is 14.3 Å². The van der Waals surface area contributed by atoms with Crippen LogP contribution in [0.1, 0.15) is 17.3 Å². The number of methoxy groups -OCH3 is 1. The molecule has 2 rings (SSSR count). The van der Waals surface area contributed by atoms with Gasteiger partial charge in [0.1, 0.15) is 5.82 Å². The zero-order chi connectivity index (χ0) is 15.9. The number of hydrogen-bond acceptors (Lipinski definition) is 5. The van der Waals surface area contributed by atoms with Crippen LogP contribution in [0.25, 0.3) is 0 Å². The van der Waals surface area contributed by atoms with Gasteiger partial charge >= 0.3 is 0 Å². The number of nitrogens with zero attached hydrogens (tertiary/aromatic N) is 2. The number of carbonyl (C=O) groups excluding carboxylic acids is 1. The minimum atomic E-state index is -0.218. The maximum absolute atomic E-state index is 11.8. The fraction of sp³-hybridized carbons (Fsp3) is 0.500. The number of carbonyl (C=O) groups is 1. The van der Waals surface area contributed by atoms with Crippen LogP contribution in [0.3, 0.4) is 0 Å². The molecular weight excluding hydrogens is 282 g/mol. The molecule has 0 bridgehead atoms. The largest absolute Gasteiger partial charge is 0.382 e. The van der Waals surface area contributed by atoms with E-state index in [1.165, 1.54) is 0 Å². The molecule has 1 aliphatic heterocycles. The van der Waals surface area contributed by atoms with Gasteiger partial charge in [0.2, 0.25) is 0 Å². The van der Waals surface area contributed by atoms with E-state index in [0.29, 0.717) is 18.7 Å². The number of hydrogen-bond donors (Lipinski definition) is 1. The average Bonchev–Trinajstić information content (AvgIpc) is 2.52. The van der Waals surface area contributed by atoms with Gasteiger partial charge in [0.15, 0.2) is 0 Å². The molecule has 0 aromatic carbocycles. The molecule has 22 heavy (non-hydrogen) atoms. The number of anilines is 1. The van der Waals surface area contributed by atoms with Crippen LogP contribution in [0.15, 0.2) is 18.3 Å². The number of rotatable bonds is 5. The third kappa shape index (κ3) is 4.20. The quantitative estimate of drug-likeness (QED) is 0.811. The molecule has 0 radical (unpaired) electrons. The normalized spacial score (nSPS) is 21.2. The van der Waals surface area contributed by atoms with Crippen molar-refractivity contribution in [3.05, 3.63) is 23.9 Å². The van der Waals surface area contributed by atoms with Crippen LogP contribution < -0.4 is 10.2 Å². The Morgan fingerprint density at radius 1 is 1.59 bits per heavy atom. The zero-order valence-electron chi connectivity index (χ0n) is 12.9. The molecule has 2 unspecified atom stereocenters. The van der Waals surface area contributed by atoms with Gasteiger partial charge in [-0.15, -0.1) is 6.42 Å². The maximum atomic E-state index is 11.8. The van der Waals surface area contributed by atoms with Crippen LogP contribution in [-0.4, -0.2) is 56.5 Å². The molecule has 6 nitrogen and oxygen atoms in total. The third-order valence-electron chi connectivity index (χ3n) is 3.36. The van der Waals surface area contributed by atoms with Crippen molar-refractivity contribution in [2.75, 3.05) is 38.3 Å². The van der Waals surface area contributed by atoms with Gasteiger partial charge in [-0.05, 0) is 19.1 Å². The van der Waals surface area contributed by atoms with E-state index in [1.807, 2.05) is 13.0 Å². The van der Waals surface area contributed by atoms with Crippen LogP contribution in [0.4, 0.5) is 5.82 Å². The summed E-state index contributed by atoms with van der Waals surface area (Å²) in [4.78, 5) is 18.3. The van der Waals surface area contributed by atoms with Gasteiger partial charge in [0.25, 0.3) is 5.91 Å². The summed E-state index contributed by atoms with van der Waals surface area (Å²) in [5.41, 5.74) is 0.494. The first kappa shape index (κ1) is 16.3. The molecule has 0 aliphatic carbocycles. The molecule has 2 atom stereocenters. The highest BCUT2D eigenvalue weighted by Gasteiger charge is 2.26. The van der Waals surface area contributed by atoms with E-state index < -0.39 is 0 Å². The van der Waals surface area contributed by atoms with E-state index in [4.69, 9.17) is 15.9 Å². The molecule has 1 aromatic rings. The first-order chi connectivity index (χ1) is 10.6. The first-order valence-corrected chi connectivity index (χ1v) is 7.21. The number of morpholine rings is 1. The van der Waals surface area contributed by atoms with Gasteiger partial charge in [-0.2, -0.15) is 0 Å². The van der Waals surface area contributed by atoms with E-state index in [0.717, 1.165) is 12.4 Å². The second kappa shape index (κ2) is 7.78. The van der Waals surface area contributed by atoms with Crippen molar-refractivity contribution in [1.82, 2.24) is 10.3 Å². The summed E-state index contributed by atoms with van der Waals surface area (Å²) in [5, 5.41) is 2.61. The number of terminal acetylenes is 1. The molecule has 6 heteroatoms. The smallest absolute Gasteiger partial charge is 0.253 e. The summed E-state index contributed by atoms with van der Waals surface area (Å²) in [6, 6.07) is 3.59. The van der Waals surface area contributed by atoms with Crippen molar-refractivity contribution in [3.63, 3.8) is 0 Å². The van der Waals surface area contributed by atoms with Crippen LogP contribution in [0.5, 0.6) is 0 Å². The van der Waals surface area contributed by atoms with Gasteiger partial charge in [0.05, 0.1) is 30.9 Å². The number of nitrogens with one attached hydrogen (secondary N) is 1. The van der Waals surface area contributed by atoms with Crippen molar-refractivity contribution in [2.24, 2.45) is 0 Å². The fourth-order valence-corrected chi connectivity index (χ4v) is 2.45. The minimum absolute atomic E-state index is 0.0224. The Morgan fingerprint density at radius 3 is 3.05 bits per heavy atom. The zero-order valence-corrected chi connectivity index (χ0v) is 12.9. The molecular formula is C16H21N3O3. The van der Waals surface area contributed by atoms with Gasteiger partial charge in [-0.3, -0.25) is 4.79 Å². The van der Waals surface area contributed by atoms with E-state index in [9.17, 15) is 4.79 Å². The standard InChI is InChI=1S/C16H21N3O3/c1-4-7-17-16(20)13-5-6-15(18-8-13)19-9-12(2)22-14(10-19)11-21-3/h1,5-6,8,12,14H,7,9-11H2,2-3H3,(H,17,20). The highest BCUT2D eigenvalue weighted by atomic mass is 16.5. The van der Waals surface area contributed by atoms with E-state index >= 15 is 0 Å². The van der Waals surface area contributed by atoms with Gasteiger partial charge in [0, 0.05) is 26.4 Å². The van der Waals surface area contributed by atoms with Gasteiger partial charge in [-0.1, -0.05) is 5.92 Å². The predicted molar refractivity (Wildman–Crippen MR) is 83.8 cm³/mol. The molecule has 1 saturated heterocycles. The first-order valence-electron chi connectivity index (χ1n) is 7.21. The lowest BCUT2D eigenvalue weighted by Crippen LogP contribution is -2.48. The van der Waals surface area contributed by atoms with Crippen LogP contribution in [0.2, 0.25) is 0 Å². The molecule has 1 aromatic heterocycles. The Kier molecular flexibility index (Phi) is 5.75. The Bertz CT molecular complexity index is 539. The number of pyridine rings is 1. The maximum Gasteiger partial charge on any atom is 0.253 e. The summed E-state index contributed by atoms with van der Waals surface area (Å²) >= 11 is 0. The Labute approximate surface area is 130 Å². The Hall–Kier alpha value is -2.10. The molecule has 1 amide bonds. The number of ether oxygens (including phenoxy) is 2. The summed E-state index contributed by atoms with van der Waals surface area (Å²) in [7, 11) is 1.66. The highest BCUT2D eigenvalue weighted by molar-refractivity contribution is 5.94. The van der Waals surface area contributed by atoms with Crippen molar-refractivity contribution >= 4 is 11.7 Å². The summed E-state index contributed by atoms with van der Waals surface area (Å²) < 4.78 is 11.0. The van der Waals surface area contributed by atoms with Crippen molar-refractivity contribution in [3.8, 4) is 12.3 Å². The van der Waals surface area contributed by atoms with Crippen molar-refractivity contribution in [1.29, 1.82) is 0 Å². The predicted octanol–water partition coefficient (Wildman–Crippen LogP) is 0.685. The van der Waals surface area contributed by atoms with Crippen LogP contribution in [-0.2, 0) is 9.47 Å². The van der Waals surface area contributed by atoms with Gasteiger partial charge in [-0.25, -0.2) is 4.98 Å². The summed E-state index contributed by atoms with van der Waals surface area (Å²) in [6.45, 7) is 4.26. The van der Waals surface area contributed by atoms with E-state index in [2.05, 4.69) is 21.1 Å². The van der Waals surface area contributed by atoms with Crippen LogP contribution in [0, 0.1) is 12.3 Å². The topological polar surface area (TPSA) is 63.7 Å². The third-order valence-corrected chi connectivity index (χ3v) is 3.36. The summed E-state index contributed by atoms with van der Waals surface area (Å²) in [5.74, 6) is 2.97. The lowest BCUT2D eigenvalue weighted by Gasteiger charge is -2.37. The molecule has 0 saturated carbocycles. The average molecular weight is 303 g/mol. The van der Waals surface area contributed by atoms with Crippen molar-refractivity contribution in [2.45, 2.75) is 19.1 Å². The fourth-order valence-electron chi connectivity index (χ4n) is 2.45. The molecule has 1 N–H and O–H groups in total. The lowest BCUT2D eigenvalue weighted by molar-refractivity contribution is -0.0512.